The predicted molar refractivity (Wildman–Crippen MR) is 130 cm³/mol. The number of ether oxygens (including phenoxy) is 1. The molecule has 1 atom stereocenters. The summed E-state index contributed by atoms with van der Waals surface area (Å²) in [5.41, 5.74) is 3.60. The van der Waals surface area contributed by atoms with Crippen LogP contribution in [0.4, 0.5) is 0 Å². The van der Waals surface area contributed by atoms with Crippen LogP contribution in [0.15, 0.2) is 33.7 Å². The Kier molecular flexibility index (Phi) is 10.9. The Morgan fingerprint density at radius 1 is 1.36 bits per heavy atom. The van der Waals surface area contributed by atoms with Gasteiger partial charge in [0.25, 0.3) is 0 Å². The number of aryl methyl sites for hydroxylation is 2. The third-order valence-corrected chi connectivity index (χ3v) is 4.82. The maximum Gasteiger partial charge on any atom is 0.191 e. The van der Waals surface area contributed by atoms with E-state index >= 15 is 0 Å². The Labute approximate surface area is 193 Å². The zero-order chi connectivity index (χ0) is 19.8. The van der Waals surface area contributed by atoms with Gasteiger partial charge in [0.15, 0.2) is 5.96 Å². The second-order valence-corrected chi connectivity index (χ2v) is 7.50. The van der Waals surface area contributed by atoms with Gasteiger partial charge in [-0.3, -0.25) is 4.68 Å². The van der Waals surface area contributed by atoms with Crippen molar-refractivity contribution in [3.05, 3.63) is 45.7 Å². The second kappa shape index (κ2) is 12.3. The molecule has 0 amide bonds. The summed E-state index contributed by atoms with van der Waals surface area (Å²) >= 11 is 3.45. The van der Waals surface area contributed by atoms with Crippen molar-refractivity contribution in [3.8, 4) is 5.75 Å². The standard InChI is InChI=1S/C20H30BrN5O.HI/c1-6-22-20(23-10-11-27-18-9-7-8-17(21)13-18)24-14(2)12-19-15(3)25-26(5)16(19)4;/h7-9,13-14H,6,10-12H2,1-5H3,(H2,22,23,24);1H. The van der Waals surface area contributed by atoms with Gasteiger partial charge in [0.05, 0.1) is 12.2 Å². The molecule has 0 aliphatic heterocycles. The molecule has 28 heavy (non-hydrogen) atoms. The van der Waals surface area contributed by atoms with Crippen LogP contribution in [0.2, 0.25) is 0 Å². The molecule has 1 unspecified atom stereocenters. The number of nitrogens with zero attached hydrogens (tertiary/aromatic N) is 3. The number of hydrogen-bond acceptors (Lipinski definition) is 3. The molecular weight excluding hydrogens is 533 g/mol. The maximum atomic E-state index is 5.75. The van der Waals surface area contributed by atoms with E-state index in [1.54, 1.807) is 0 Å². The van der Waals surface area contributed by atoms with Crippen LogP contribution < -0.4 is 15.4 Å². The second-order valence-electron chi connectivity index (χ2n) is 6.59. The van der Waals surface area contributed by atoms with Crippen molar-refractivity contribution in [2.75, 3.05) is 19.7 Å². The highest BCUT2D eigenvalue weighted by molar-refractivity contribution is 14.0. The molecule has 0 saturated heterocycles. The monoisotopic (exact) mass is 563 g/mol. The minimum Gasteiger partial charge on any atom is -0.492 e. The number of hydrogen-bond donors (Lipinski definition) is 2. The Bertz CT molecular complexity index is 778. The predicted octanol–water partition coefficient (Wildman–Crippen LogP) is 3.98. The molecular formula is C20H31BrIN5O. The van der Waals surface area contributed by atoms with Crippen LogP contribution in [0.3, 0.4) is 0 Å². The van der Waals surface area contributed by atoms with Gasteiger partial charge in [-0.15, -0.1) is 24.0 Å². The van der Waals surface area contributed by atoms with E-state index in [1.807, 2.05) is 36.0 Å². The minimum absolute atomic E-state index is 0. The molecule has 2 N–H and O–H groups in total. The van der Waals surface area contributed by atoms with Crippen LogP contribution in [-0.4, -0.2) is 41.5 Å². The van der Waals surface area contributed by atoms with E-state index in [1.165, 1.54) is 11.3 Å². The first kappa shape index (κ1) is 24.7. The summed E-state index contributed by atoms with van der Waals surface area (Å²) in [7, 11) is 1.99. The third kappa shape index (κ3) is 7.62. The van der Waals surface area contributed by atoms with Gasteiger partial charge < -0.3 is 15.4 Å². The van der Waals surface area contributed by atoms with Crippen LogP contribution in [0.1, 0.15) is 30.8 Å². The van der Waals surface area contributed by atoms with E-state index in [0.29, 0.717) is 13.2 Å². The molecule has 0 aliphatic carbocycles. The molecule has 8 heteroatoms. The molecule has 1 heterocycles. The molecule has 1 aromatic carbocycles. The molecule has 0 radical (unpaired) electrons. The quantitative estimate of drug-likeness (QED) is 0.221. The first-order chi connectivity index (χ1) is 12.9. The van der Waals surface area contributed by atoms with Crippen molar-refractivity contribution in [1.82, 2.24) is 20.4 Å². The maximum absolute atomic E-state index is 5.75. The molecule has 0 saturated carbocycles. The Hall–Kier alpha value is -1.29. The molecule has 6 nitrogen and oxygen atoms in total. The number of guanidine groups is 1. The summed E-state index contributed by atoms with van der Waals surface area (Å²) in [5.74, 6) is 1.65. The fourth-order valence-corrected chi connectivity index (χ4v) is 3.28. The van der Waals surface area contributed by atoms with Crippen LogP contribution in [0, 0.1) is 13.8 Å². The summed E-state index contributed by atoms with van der Waals surface area (Å²) in [6.07, 6.45) is 0.907. The summed E-state index contributed by atoms with van der Waals surface area (Å²) in [4.78, 5) is 4.62. The van der Waals surface area contributed by atoms with Crippen molar-refractivity contribution in [1.29, 1.82) is 0 Å². The number of rotatable bonds is 8. The van der Waals surface area contributed by atoms with Gasteiger partial charge in [0, 0.05) is 29.8 Å². The van der Waals surface area contributed by atoms with Gasteiger partial charge in [0.1, 0.15) is 12.4 Å². The van der Waals surface area contributed by atoms with E-state index in [4.69, 9.17) is 4.74 Å². The Morgan fingerprint density at radius 2 is 2.11 bits per heavy atom. The molecule has 156 valence electrons. The van der Waals surface area contributed by atoms with E-state index in [2.05, 4.69) is 64.3 Å². The summed E-state index contributed by atoms with van der Waals surface area (Å²) in [6.45, 7) is 10.3. The normalized spacial score (nSPS) is 12.3. The molecule has 2 aromatic rings. The fourth-order valence-electron chi connectivity index (χ4n) is 2.90. The Balaban J connectivity index is 0.00000392. The topological polar surface area (TPSA) is 63.5 Å². The van der Waals surface area contributed by atoms with Gasteiger partial charge >= 0.3 is 0 Å². The number of halogens is 2. The summed E-state index contributed by atoms with van der Waals surface area (Å²) in [6, 6.07) is 8.08. The van der Waals surface area contributed by atoms with Crippen molar-refractivity contribution in [3.63, 3.8) is 0 Å². The van der Waals surface area contributed by atoms with Crippen LogP contribution in [0.5, 0.6) is 5.75 Å². The van der Waals surface area contributed by atoms with Crippen molar-refractivity contribution < 1.29 is 4.74 Å². The van der Waals surface area contributed by atoms with Gasteiger partial charge in [-0.2, -0.15) is 5.10 Å². The smallest absolute Gasteiger partial charge is 0.191 e. The van der Waals surface area contributed by atoms with Crippen LogP contribution >= 0.6 is 39.9 Å². The van der Waals surface area contributed by atoms with Crippen molar-refractivity contribution in [2.45, 2.75) is 40.2 Å². The summed E-state index contributed by atoms with van der Waals surface area (Å²) < 4.78 is 8.69. The number of benzene rings is 1. The molecule has 0 aliphatic rings. The highest BCUT2D eigenvalue weighted by Gasteiger charge is 2.13. The lowest BCUT2D eigenvalue weighted by atomic mass is 10.1. The first-order valence-corrected chi connectivity index (χ1v) is 10.1. The molecule has 2 rings (SSSR count). The summed E-state index contributed by atoms with van der Waals surface area (Å²) in [5, 5.41) is 11.3. The third-order valence-electron chi connectivity index (χ3n) is 4.32. The van der Waals surface area contributed by atoms with E-state index in [0.717, 1.165) is 34.8 Å². The van der Waals surface area contributed by atoms with E-state index in [-0.39, 0.29) is 30.0 Å². The van der Waals surface area contributed by atoms with E-state index < -0.39 is 0 Å². The zero-order valence-electron chi connectivity index (χ0n) is 17.3. The molecule has 0 spiro atoms. The van der Waals surface area contributed by atoms with Gasteiger partial charge in [-0.05, 0) is 57.9 Å². The Morgan fingerprint density at radius 3 is 2.71 bits per heavy atom. The molecule has 0 bridgehead atoms. The van der Waals surface area contributed by atoms with Gasteiger partial charge in [-0.1, -0.05) is 22.0 Å². The highest BCUT2D eigenvalue weighted by atomic mass is 127. The molecule has 1 aromatic heterocycles. The van der Waals surface area contributed by atoms with Crippen molar-refractivity contribution in [2.24, 2.45) is 12.0 Å². The molecule has 0 fully saturated rings. The average Bonchev–Trinajstić information content (AvgIpc) is 2.85. The zero-order valence-corrected chi connectivity index (χ0v) is 21.2. The lowest BCUT2D eigenvalue weighted by Gasteiger charge is -2.18. The number of aliphatic imine (C=N–C) groups is 1. The highest BCUT2D eigenvalue weighted by Crippen LogP contribution is 2.17. The van der Waals surface area contributed by atoms with Gasteiger partial charge in [0.2, 0.25) is 0 Å². The first-order valence-electron chi connectivity index (χ1n) is 9.33. The van der Waals surface area contributed by atoms with Crippen LogP contribution in [-0.2, 0) is 13.5 Å². The fraction of sp³-hybridized carbons (Fsp3) is 0.500. The lowest BCUT2D eigenvalue weighted by molar-refractivity contribution is 0.328. The number of nitrogens with one attached hydrogen (secondary N) is 2. The largest absolute Gasteiger partial charge is 0.492 e. The number of aromatic nitrogens is 2. The van der Waals surface area contributed by atoms with E-state index in [9.17, 15) is 0 Å². The lowest BCUT2D eigenvalue weighted by Crippen LogP contribution is -2.43. The minimum atomic E-state index is 0. The van der Waals surface area contributed by atoms with Gasteiger partial charge in [-0.25, -0.2) is 4.99 Å². The average molecular weight is 564 g/mol. The van der Waals surface area contributed by atoms with Crippen molar-refractivity contribution >= 4 is 45.9 Å². The SMILES string of the molecule is CCNC(=NCCOc1cccc(Br)c1)NC(C)Cc1c(C)nn(C)c1C.I. The van der Waals surface area contributed by atoms with Crippen LogP contribution in [0.25, 0.3) is 0 Å².